The molecule has 19 aromatic carbocycles. The summed E-state index contributed by atoms with van der Waals surface area (Å²) >= 11 is 0. The van der Waals surface area contributed by atoms with E-state index in [4.69, 9.17) is 0 Å². The van der Waals surface area contributed by atoms with Crippen LogP contribution < -0.4 is 67.7 Å². The van der Waals surface area contributed by atoms with Gasteiger partial charge >= 0.3 is 0 Å². The highest BCUT2D eigenvalue weighted by Gasteiger charge is 2.49. The summed E-state index contributed by atoms with van der Waals surface area (Å²) in [6.07, 6.45) is 0. The van der Waals surface area contributed by atoms with Gasteiger partial charge in [-0.2, -0.15) is 0 Å². The number of rotatable bonds is 17. The Morgan fingerprint density at radius 3 is 0.962 bits per heavy atom. The Balaban J connectivity index is 0.927. The second kappa shape index (κ2) is 33.2. The molecule has 3 heterocycles. The Labute approximate surface area is 780 Å². The molecule has 0 saturated heterocycles. The number of hydrogen-bond donors (Lipinski definition) is 0. The summed E-state index contributed by atoms with van der Waals surface area (Å²) in [5, 5.41) is 12.8. The zero-order chi connectivity index (χ0) is 89.6. The predicted molar refractivity (Wildman–Crippen MR) is 571 cm³/mol. The Morgan fingerprint density at radius 2 is 0.530 bits per heavy atom. The zero-order valence-electron chi connectivity index (χ0n) is 76.4. The van der Waals surface area contributed by atoms with Crippen molar-refractivity contribution in [2.45, 2.75) is 78.6 Å². The molecule has 0 bridgehead atoms. The van der Waals surface area contributed by atoms with Crippen molar-refractivity contribution in [1.29, 1.82) is 0 Å². The lowest BCUT2D eigenvalue weighted by Crippen LogP contribution is -2.78. The van der Waals surface area contributed by atoms with Gasteiger partial charge in [-0.1, -0.05) is 451 Å². The molecule has 2 aliphatic heterocycles. The maximum Gasteiger partial charge on any atom is 0.252 e. The van der Waals surface area contributed by atoms with Crippen molar-refractivity contribution in [3.05, 3.63) is 484 Å². The molecule has 6 heteroatoms. The zero-order valence-corrected chi connectivity index (χ0v) is 78.4. The predicted octanol–water partition coefficient (Wildman–Crippen LogP) is 25.5. The minimum absolute atomic E-state index is 0.0836. The molecule has 0 aliphatic carbocycles. The van der Waals surface area contributed by atoms with Gasteiger partial charge < -0.3 is 14.4 Å². The fourth-order valence-corrected chi connectivity index (χ4v) is 31.3. The maximum atomic E-state index is 2.74. The van der Waals surface area contributed by atoms with Gasteiger partial charge in [0.2, 0.25) is 0 Å². The maximum absolute atomic E-state index is 3.62. The van der Waals surface area contributed by atoms with E-state index < -0.39 is 16.1 Å². The fraction of sp³-hybridized carbons (Fsp3) is 0.0952. The average molecular weight is 1730 g/mol. The highest BCUT2D eigenvalue weighted by molar-refractivity contribution is 7.22. The summed E-state index contributed by atoms with van der Waals surface area (Å²) in [5.41, 5.74) is 31.0. The monoisotopic (exact) mass is 1730 g/mol. The van der Waals surface area contributed by atoms with Gasteiger partial charge in [-0.25, -0.2) is 0 Å². The van der Waals surface area contributed by atoms with Crippen LogP contribution in [0.1, 0.15) is 79.0 Å². The molecule has 0 fully saturated rings. The first kappa shape index (κ1) is 82.7. The van der Waals surface area contributed by atoms with Gasteiger partial charge in [-0.3, -0.25) is 0 Å². The van der Waals surface area contributed by atoms with E-state index in [1.807, 2.05) is 0 Å². The van der Waals surface area contributed by atoms with Gasteiger partial charge in [-0.05, 0) is 231 Å². The number of aromatic nitrogens is 1. The summed E-state index contributed by atoms with van der Waals surface area (Å²) in [4.78, 5) is 5.40. The lowest BCUT2D eigenvalue weighted by molar-refractivity contribution is 0.590. The molecule has 634 valence electrons. The van der Waals surface area contributed by atoms with Crippen LogP contribution in [0.3, 0.4) is 0 Å². The van der Waals surface area contributed by atoms with Crippen molar-refractivity contribution in [3.63, 3.8) is 0 Å². The third kappa shape index (κ3) is 14.4. The Hall–Kier alpha value is -14.9. The average Bonchev–Trinajstić information content (AvgIpc) is 0.840. The molecule has 0 atom stereocenters. The van der Waals surface area contributed by atoms with E-state index in [2.05, 4.69) is 544 Å². The fourth-order valence-electron chi connectivity index (χ4n) is 21.5. The van der Waals surface area contributed by atoms with Crippen LogP contribution in [-0.4, -0.2) is 27.4 Å². The highest BCUT2D eigenvalue weighted by Crippen LogP contribution is 2.51. The molecule has 20 aromatic rings. The van der Waals surface area contributed by atoms with E-state index in [1.165, 1.54) is 119 Å². The van der Waals surface area contributed by atoms with Crippen LogP contribution >= 0.6 is 0 Å². The SMILES string of the molecule is CC(C)(C)c1ccc2c(c1)N(c1ccc(-c3ccccc3)cc1-c1ccccc1)c1cc(-c3cc([Si](c4ccccc4)(c4ccccc4)c4cccc(-c5ccccc5)c4)cc([Si](c4ccccc4)(c4ccccc4)c4cccc(-c5ccccc5)c4)c3)cc3c1B2c1ccc(-n2c4ccc(C(C)(C)C)cc4c4cc(C(C)(C)C)ccc42)cc1N3c1cccc(-c2ccccc2)c1. The molecular weight excluding hydrogens is 1620 g/mol. The van der Waals surface area contributed by atoms with Crippen LogP contribution in [0.15, 0.2) is 467 Å². The standard InChI is InChI=1S/C126H104BN3Si2/c1-124(2,3)98-66-72-117-112(82-98)113-83-99(125(4,5)6)67-73-118(113)128(117)102-68-70-115-120(85-102)129(101-53-37-50-92(74-101)87-40-19-10-20-41-87)121-80-97(81-122-123(121)127(115)114-69-65-100(126(7,8)9)84-119(114)130(122)116-71-64-95(90-46-25-13-26-47-90)79-111(116)91-48-27-14-28-49-91)96-77-109(131(103-54-29-15-30-55-103,104-56-31-16-32-57-104)107-62-38-51-93(75-107)88-42-21-11-22-43-88)86-110(78-96)132(105-58-33-17-34-59-105,106-60-35-18-36-61-106)108-63-39-52-94(76-108)89-44-23-12-24-45-89/h10-86H,1-9H3. The molecule has 1 aromatic heterocycles. The number of nitrogens with zero attached hydrogens (tertiary/aromatic N) is 3. The van der Waals surface area contributed by atoms with E-state index >= 15 is 0 Å². The quantitative estimate of drug-likeness (QED) is 0.0665. The largest absolute Gasteiger partial charge is 0.311 e. The molecule has 0 N–H and O–H groups in total. The Morgan fingerprint density at radius 1 is 0.197 bits per heavy atom. The van der Waals surface area contributed by atoms with E-state index in [0.29, 0.717) is 0 Å². The molecule has 3 nitrogen and oxygen atoms in total. The van der Waals surface area contributed by atoms with Crippen LogP contribution in [0.2, 0.25) is 0 Å². The van der Waals surface area contributed by atoms with Crippen molar-refractivity contribution in [2.24, 2.45) is 0 Å². The van der Waals surface area contributed by atoms with E-state index in [9.17, 15) is 0 Å². The smallest absolute Gasteiger partial charge is 0.252 e. The lowest BCUT2D eigenvalue weighted by Gasteiger charge is -2.45. The summed E-state index contributed by atoms with van der Waals surface area (Å²) < 4.78 is 2.57. The minimum atomic E-state index is -3.62. The summed E-state index contributed by atoms with van der Waals surface area (Å²) in [6.45, 7) is 20.9. The first-order valence-corrected chi connectivity index (χ1v) is 50.6. The molecule has 0 radical (unpaired) electrons. The topological polar surface area (TPSA) is 11.4 Å². The number of benzene rings is 19. The summed E-state index contributed by atoms with van der Waals surface area (Å²) in [7, 11) is -7.24. The molecule has 132 heavy (non-hydrogen) atoms. The summed E-state index contributed by atoms with van der Waals surface area (Å²) in [5.74, 6) is 0. The molecule has 0 spiro atoms. The van der Waals surface area contributed by atoms with Gasteiger partial charge in [0.25, 0.3) is 6.71 Å². The first-order chi connectivity index (χ1) is 64.3. The molecule has 0 amide bonds. The van der Waals surface area contributed by atoms with Crippen molar-refractivity contribution in [1.82, 2.24) is 4.57 Å². The van der Waals surface area contributed by atoms with E-state index in [1.54, 1.807) is 0 Å². The number of anilines is 6. The van der Waals surface area contributed by atoms with Crippen LogP contribution in [0.25, 0.3) is 94.3 Å². The third-order valence-electron chi connectivity index (χ3n) is 28.1. The van der Waals surface area contributed by atoms with Gasteiger partial charge in [-0.15, -0.1) is 0 Å². The number of hydrogen-bond acceptors (Lipinski definition) is 2. The molecule has 0 saturated carbocycles. The van der Waals surface area contributed by atoms with Gasteiger partial charge in [0, 0.05) is 50.5 Å². The van der Waals surface area contributed by atoms with Gasteiger partial charge in [0.15, 0.2) is 16.1 Å². The van der Waals surface area contributed by atoms with Crippen LogP contribution in [0.4, 0.5) is 34.1 Å². The molecule has 0 unspecified atom stereocenters. The second-order valence-electron chi connectivity index (χ2n) is 39.1. The first-order valence-electron chi connectivity index (χ1n) is 46.6. The van der Waals surface area contributed by atoms with E-state index in [0.717, 1.165) is 84.3 Å². The normalized spacial score (nSPS) is 12.7. The Kier molecular flexibility index (Phi) is 20.8. The summed E-state index contributed by atoms with van der Waals surface area (Å²) in [6, 6.07) is 181. The third-order valence-corrected chi connectivity index (χ3v) is 37.5. The minimum Gasteiger partial charge on any atom is -0.311 e. The van der Waals surface area contributed by atoms with E-state index in [-0.39, 0.29) is 23.0 Å². The van der Waals surface area contributed by atoms with Gasteiger partial charge in [0.1, 0.15) is 0 Å². The molecule has 2 aliphatic rings. The van der Waals surface area contributed by atoms with Gasteiger partial charge in [0.05, 0.1) is 16.7 Å². The van der Waals surface area contributed by atoms with Crippen molar-refractivity contribution in [2.75, 3.05) is 9.80 Å². The van der Waals surface area contributed by atoms with Crippen LogP contribution in [0.5, 0.6) is 0 Å². The molecule has 22 rings (SSSR count). The van der Waals surface area contributed by atoms with Crippen molar-refractivity contribution < 1.29 is 0 Å². The van der Waals surface area contributed by atoms with Crippen molar-refractivity contribution in [3.8, 4) is 72.4 Å². The number of fused-ring (bicyclic) bond motifs is 7. The highest BCUT2D eigenvalue weighted by atomic mass is 28.3. The van der Waals surface area contributed by atoms with Crippen molar-refractivity contribution >= 4 is 137 Å². The van der Waals surface area contributed by atoms with Crippen LogP contribution in [0, 0.1) is 0 Å². The second-order valence-corrected chi connectivity index (χ2v) is 46.8. The molecular formula is C126H104BN3Si2. The lowest BCUT2D eigenvalue weighted by atomic mass is 9.33. The Bertz CT molecular complexity index is 7390. The van der Waals surface area contributed by atoms with Crippen LogP contribution in [-0.2, 0) is 16.2 Å².